The van der Waals surface area contributed by atoms with Gasteiger partial charge in [0.1, 0.15) is 11.8 Å². The molecule has 1 heterocycles. The molecule has 7 heteroatoms. The minimum absolute atomic E-state index is 0.113. The van der Waals surface area contributed by atoms with Crippen molar-refractivity contribution < 1.29 is 4.92 Å². The van der Waals surface area contributed by atoms with Gasteiger partial charge in [0, 0.05) is 18.3 Å². The van der Waals surface area contributed by atoms with Crippen LogP contribution in [0.1, 0.15) is 5.69 Å². The molecule has 0 aliphatic heterocycles. The molecule has 90 valence electrons. The smallest absolute Gasteiger partial charge is 0.272 e. The second-order valence-electron chi connectivity index (χ2n) is 3.39. The molecule has 1 aromatic carbocycles. The van der Waals surface area contributed by atoms with Crippen molar-refractivity contribution in [3.63, 3.8) is 0 Å². The molecule has 0 bridgehead atoms. The summed E-state index contributed by atoms with van der Waals surface area (Å²) in [6, 6.07) is 7.63. The monoisotopic (exact) mass is 281 g/mol. The number of hydrogen-bond acceptors (Lipinski definition) is 3. The summed E-state index contributed by atoms with van der Waals surface area (Å²) < 4.78 is 1.48. The second-order valence-corrected chi connectivity index (χ2v) is 4.20. The van der Waals surface area contributed by atoms with Crippen LogP contribution in [-0.4, -0.2) is 9.49 Å². The predicted molar refractivity (Wildman–Crippen MR) is 67.2 cm³/mol. The lowest BCUT2D eigenvalue weighted by Gasteiger charge is -2.09. The molecule has 0 aliphatic rings. The Bertz CT molecular complexity index is 650. The van der Waals surface area contributed by atoms with E-state index in [2.05, 4.69) is 0 Å². The third-order valence-electron chi connectivity index (χ3n) is 2.32. The summed E-state index contributed by atoms with van der Waals surface area (Å²) in [5.41, 5.74) is 0.498. The first-order chi connectivity index (χ1) is 8.54. The molecule has 2 aromatic rings. The maximum atomic E-state index is 10.7. The molecule has 0 saturated carbocycles. The lowest BCUT2D eigenvalue weighted by atomic mass is 10.2. The van der Waals surface area contributed by atoms with Crippen LogP contribution in [0.15, 0.2) is 30.5 Å². The molecule has 2 rings (SSSR count). The summed E-state index contributed by atoms with van der Waals surface area (Å²) in [6.07, 6.45) is 1.61. The van der Waals surface area contributed by atoms with Gasteiger partial charge in [-0.05, 0) is 12.1 Å². The van der Waals surface area contributed by atoms with Crippen molar-refractivity contribution in [2.45, 2.75) is 0 Å². The van der Waals surface area contributed by atoms with Gasteiger partial charge in [-0.25, -0.2) is 0 Å². The number of nitro benzene ring substituents is 1. The molecule has 0 unspecified atom stereocenters. The van der Waals surface area contributed by atoms with Crippen LogP contribution in [0.25, 0.3) is 5.69 Å². The first-order valence-electron chi connectivity index (χ1n) is 4.76. The molecular weight excluding hydrogens is 277 g/mol. The molecular formula is C11H5Cl2N3O2. The molecule has 5 nitrogen and oxygen atoms in total. The van der Waals surface area contributed by atoms with E-state index in [-0.39, 0.29) is 15.7 Å². The van der Waals surface area contributed by atoms with Crippen molar-refractivity contribution in [3.05, 3.63) is 56.3 Å². The lowest BCUT2D eigenvalue weighted by Crippen LogP contribution is -1.99. The molecule has 18 heavy (non-hydrogen) atoms. The number of non-ortho nitro benzene ring substituents is 1. The predicted octanol–water partition coefficient (Wildman–Crippen LogP) is 3.56. The standard InChI is InChI=1S/C11H5Cl2N3O2/c12-9-4-8(16(17)18)5-10(13)11(9)15-3-1-2-7(15)6-14/h1-5H. The van der Waals surface area contributed by atoms with E-state index in [1.807, 2.05) is 6.07 Å². The van der Waals surface area contributed by atoms with Gasteiger partial charge in [0.05, 0.1) is 20.7 Å². The van der Waals surface area contributed by atoms with Gasteiger partial charge in [0.25, 0.3) is 5.69 Å². The molecule has 1 aromatic heterocycles. The molecule has 0 spiro atoms. The number of nitrogens with zero attached hydrogens (tertiary/aromatic N) is 3. The van der Waals surface area contributed by atoms with E-state index in [1.165, 1.54) is 16.7 Å². The highest BCUT2D eigenvalue weighted by molar-refractivity contribution is 6.38. The van der Waals surface area contributed by atoms with Gasteiger partial charge in [-0.1, -0.05) is 23.2 Å². The van der Waals surface area contributed by atoms with Crippen molar-refractivity contribution in [2.24, 2.45) is 0 Å². The zero-order valence-electron chi connectivity index (χ0n) is 8.80. The minimum atomic E-state index is -0.581. The Morgan fingerprint density at radius 1 is 1.33 bits per heavy atom. The van der Waals surface area contributed by atoms with Crippen LogP contribution in [0.3, 0.4) is 0 Å². The highest BCUT2D eigenvalue weighted by atomic mass is 35.5. The van der Waals surface area contributed by atoms with Crippen LogP contribution >= 0.6 is 23.2 Å². The van der Waals surface area contributed by atoms with E-state index >= 15 is 0 Å². The van der Waals surface area contributed by atoms with Gasteiger partial charge >= 0.3 is 0 Å². The Hall–Kier alpha value is -2.03. The fourth-order valence-corrected chi connectivity index (χ4v) is 2.21. The lowest BCUT2D eigenvalue weighted by molar-refractivity contribution is -0.384. The van der Waals surface area contributed by atoms with Crippen LogP contribution in [0.4, 0.5) is 5.69 Å². The van der Waals surface area contributed by atoms with Crippen LogP contribution in [-0.2, 0) is 0 Å². The summed E-state index contributed by atoms with van der Waals surface area (Å²) in [7, 11) is 0. The molecule has 0 amide bonds. The van der Waals surface area contributed by atoms with Gasteiger partial charge in [-0.15, -0.1) is 0 Å². The normalized spacial score (nSPS) is 10.1. The van der Waals surface area contributed by atoms with E-state index in [1.54, 1.807) is 18.3 Å². The van der Waals surface area contributed by atoms with Gasteiger partial charge in [-0.3, -0.25) is 10.1 Å². The van der Waals surface area contributed by atoms with Gasteiger partial charge in [0.2, 0.25) is 0 Å². The summed E-state index contributed by atoms with van der Waals surface area (Å²) >= 11 is 12.0. The van der Waals surface area contributed by atoms with E-state index < -0.39 is 4.92 Å². The number of rotatable bonds is 2. The molecule has 0 atom stereocenters. The van der Waals surface area contributed by atoms with Crippen molar-refractivity contribution in [1.82, 2.24) is 4.57 Å². The van der Waals surface area contributed by atoms with Crippen molar-refractivity contribution in [1.29, 1.82) is 5.26 Å². The quantitative estimate of drug-likeness (QED) is 0.624. The molecule has 0 fully saturated rings. The third kappa shape index (κ3) is 2.04. The van der Waals surface area contributed by atoms with Gasteiger partial charge < -0.3 is 4.57 Å². The average Bonchev–Trinajstić information content (AvgIpc) is 2.76. The molecule has 0 radical (unpaired) electrons. The van der Waals surface area contributed by atoms with E-state index in [0.717, 1.165) is 0 Å². The van der Waals surface area contributed by atoms with Gasteiger partial charge in [-0.2, -0.15) is 5.26 Å². The second kappa shape index (κ2) is 4.69. The molecule has 0 saturated heterocycles. The number of benzene rings is 1. The first-order valence-corrected chi connectivity index (χ1v) is 5.51. The highest BCUT2D eigenvalue weighted by Crippen LogP contribution is 2.33. The van der Waals surface area contributed by atoms with E-state index in [9.17, 15) is 10.1 Å². The summed E-state index contributed by atoms with van der Waals surface area (Å²) in [4.78, 5) is 10.1. The average molecular weight is 282 g/mol. The number of aromatic nitrogens is 1. The Morgan fingerprint density at radius 2 is 1.94 bits per heavy atom. The number of hydrogen-bond donors (Lipinski definition) is 0. The summed E-state index contributed by atoms with van der Waals surface area (Å²) in [5.74, 6) is 0. The van der Waals surface area contributed by atoms with Crippen LogP contribution in [0.5, 0.6) is 0 Å². The van der Waals surface area contributed by atoms with E-state index in [0.29, 0.717) is 11.4 Å². The minimum Gasteiger partial charge on any atom is -0.305 e. The van der Waals surface area contributed by atoms with Crippen molar-refractivity contribution in [3.8, 4) is 11.8 Å². The Kier molecular flexibility index (Phi) is 3.24. The highest BCUT2D eigenvalue weighted by Gasteiger charge is 2.17. The topological polar surface area (TPSA) is 71.9 Å². The largest absolute Gasteiger partial charge is 0.305 e. The summed E-state index contributed by atoms with van der Waals surface area (Å²) in [6.45, 7) is 0. The maximum absolute atomic E-state index is 10.7. The first kappa shape index (κ1) is 12.4. The number of nitro groups is 1. The number of halogens is 2. The molecule has 0 aliphatic carbocycles. The SMILES string of the molecule is N#Cc1cccn1-c1c(Cl)cc([N+](=O)[O-])cc1Cl. The van der Waals surface area contributed by atoms with Crippen LogP contribution < -0.4 is 0 Å². The van der Waals surface area contributed by atoms with Crippen molar-refractivity contribution >= 4 is 28.9 Å². The van der Waals surface area contributed by atoms with Crippen LogP contribution in [0, 0.1) is 21.4 Å². The molecule has 0 N–H and O–H groups in total. The van der Waals surface area contributed by atoms with Gasteiger partial charge in [0.15, 0.2) is 0 Å². The Morgan fingerprint density at radius 3 is 2.44 bits per heavy atom. The zero-order valence-corrected chi connectivity index (χ0v) is 10.3. The maximum Gasteiger partial charge on any atom is 0.272 e. The third-order valence-corrected chi connectivity index (χ3v) is 2.89. The van der Waals surface area contributed by atoms with Crippen LogP contribution in [0.2, 0.25) is 10.0 Å². The zero-order chi connectivity index (χ0) is 13.3. The fraction of sp³-hybridized carbons (Fsp3) is 0. The fourth-order valence-electron chi connectivity index (χ4n) is 1.55. The Labute approximate surface area is 112 Å². The van der Waals surface area contributed by atoms with E-state index in [4.69, 9.17) is 28.5 Å². The summed E-state index contributed by atoms with van der Waals surface area (Å²) in [5, 5.41) is 19.8. The Balaban J connectivity index is 2.67. The van der Waals surface area contributed by atoms with Crippen molar-refractivity contribution in [2.75, 3.05) is 0 Å². The number of nitriles is 1.